The summed E-state index contributed by atoms with van der Waals surface area (Å²) < 4.78 is 23.1. The molecule has 0 amide bonds. The molecule has 0 N–H and O–H groups in total. The number of imidazole rings is 1. The summed E-state index contributed by atoms with van der Waals surface area (Å²) in [5.74, 6) is -2.28. The molecule has 1 rings (SSSR count). The van der Waals surface area contributed by atoms with E-state index in [0.29, 0.717) is 0 Å². The van der Waals surface area contributed by atoms with E-state index in [1.54, 1.807) is 0 Å². The second-order valence-corrected chi connectivity index (χ2v) is 0.955. The average Bonchev–Trinajstić information content (AvgIpc) is 1.91. The lowest BCUT2D eigenvalue weighted by Crippen LogP contribution is -1.77. The maximum absolute atomic E-state index is 11.5. The summed E-state index contributed by atoms with van der Waals surface area (Å²) in [4.78, 5) is 5.73. The molecule has 1 aromatic rings. The molecular formula is C3HF2N2-. The number of rotatable bonds is 0. The second-order valence-electron chi connectivity index (χ2n) is 0.955. The first-order valence-corrected chi connectivity index (χ1v) is 1.59. The molecule has 2 nitrogen and oxygen atoms in total. The number of hydrogen-bond donors (Lipinski definition) is 0. The quantitative estimate of drug-likeness (QED) is 0.472. The van der Waals surface area contributed by atoms with E-state index < -0.39 is 11.9 Å². The van der Waals surface area contributed by atoms with Crippen molar-refractivity contribution in [3.63, 3.8) is 0 Å². The van der Waals surface area contributed by atoms with Crippen LogP contribution >= 0.6 is 0 Å². The third-order valence-corrected chi connectivity index (χ3v) is 0.512. The molecule has 0 saturated heterocycles. The van der Waals surface area contributed by atoms with Crippen molar-refractivity contribution in [2.45, 2.75) is 0 Å². The van der Waals surface area contributed by atoms with Crippen LogP contribution in [0.1, 0.15) is 0 Å². The number of hydrogen-bond acceptors (Lipinski definition) is 1. The standard InChI is InChI=1S/C3HF2N2/c4-2-3(5)7-1-6-2/h1H/q-1. The van der Waals surface area contributed by atoms with Gasteiger partial charge >= 0.3 is 0 Å². The Morgan fingerprint density at radius 1 is 1.57 bits per heavy atom. The van der Waals surface area contributed by atoms with Gasteiger partial charge in [0.25, 0.3) is 0 Å². The molecule has 38 valence electrons. The number of nitrogens with zero attached hydrogens (tertiary/aromatic N) is 2. The lowest BCUT2D eigenvalue weighted by atomic mass is 10.9. The van der Waals surface area contributed by atoms with Crippen molar-refractivity contribution in [2.75, 3.05) is 0 Å². The predicted octanol–water partition coefficient (Wildman–Crippen LogP) is 0.317. The molecule has 0 bridgehead atoms. The highest BCUT2D eigenvalue weighted by atomic mass is 19.2. The summed E-state index contributed by atoms with van der Waals surface area (Å²) in [5.41, 5.74) is 0. The molecule has 1 aromatic heterocycles. The molecule has 1 heterocycles. The van der Waals surface area contributed by atoms with Gasteiger partial charge in [-0.3, -0.25) is 0 Å². The van der Waals surface area contributed by atoms with E-state index >= 15 is 0 Å². The highest BCUT2D eigenvalue weighted by molar-refractivity contribution is 4.76. The lowest BCUT2D eigenvalue weighted by Gasteiger charge is -1.79. The number of halogens is 2. The Labute approximate surface area is 38.2 Å². The fourth-order valence-corrected chi connectivity index (χ4v) is 0.237. The Hall–Kier alpha value is -0.930. The van der Waals surface area contributed by atoms with Crippen molar-refractivity contribution in [1.29, 1.82) is 0 Å². The molecule has 4 heteroatoms. The van der Waals surface area contributed by atoms with Crippen LogP contribution in [0.15, 0.2) is 6.33 Å². The van der Waals surface area contributed by atoms with E-state index in [4.69, 9.17) is 0 Å². The lowest BCUT2D eigenvalue weighted by molar-refractivity contribution is 0.473. The fourth-order valence-electron chi connectivity index (χ4n) is 0.237. The van der Waals surface area contributed by atoms with Crippen molar-refractivity contribution in [3.8, 4) is 0 Å². The van der Waals surface area contributed by atoms with E-state index in [0.717, 1.165) is 6.33 Å². The highest BCUT2D eigenvalue weighted by Gasteiger charge is 1.86. The van der Waals surface area contributed by atoms with Crippen LogP contribution in [0.4, 0.5) is 8.78 Å². The first-order chi connectivity index (χ1) is 3.30. The van der Waals surface area contributed by atoms with Gasteiger partial charge in [-0.25, -0.2) is 8.78 Å². The monoisotopic (exact) mass is 103 g/mol. The van der Waals surface area contributed by atoms with Crippen LogP contribution in [0.2, 0.25) is 0 Å². The van der Waals surface area contributed by atoms with Crippen LogP contribution in [0.3, 0.4) is 0 Å². The highest BCUT2D eigenvalue weighted by Crippen LogP contribution is 1.92. The van der Waals surface area contributed by atoms with Crippen LogP contribution in [0.25, 0.3) is 0 Å². The summed E-state index contributed by atoms with van der Waals surface area (Å²) in [6.45, 7) is 0. The van der Waals surface area contributed by atoms with E-state index in [-0.39, 0.29) is 0 Å². The molecule has 0 saturated carbocycles. The minimum atomic E-state index is -1.14. The minimum Gasteiger partial charge on any atom is -0.416 e. The molecule has 0 aliphatic carbocycles. The Bertz CT molecular complexity index is 143. The van der Waals surface area contributed by atoms with Crippen molar-refractivity contribution < 1.29 is 8.78 Å². The molecule has 0 aliphatic rings. The van der Waals surface area contributed by atoms with E-state index in [1.807, 2.05) is 0 Å². The molecule has 0 aliphatic heterocycles. The Kier molecular flexibility index (Phi) is 0.780. The molecule has 0 aromatic carbocycles. The molecule has 0 unspecified atom stereocenters. The molecule has 0 radical (unpaired) electrons. The maximum Gasteiger partial charge on any atom is 0.145 e. The Morgan fingerprint density at radius 2 is 2.29 bits per heavy atom. The third-order valence-electron chi connectivity index (χ3n) is 0.512. The smallest absolute Gasteiger partial charge is 0.145 e. The second kappa shape index (κ2) is 1.29. The summed E-state index contributed by atoms with van der Waals surface area (Å²) in [7, 11) is 0. The van der Waals surface area contributed by atoms with E-state index in [2.05, 4.69) is 9.97 Å². The van der Waals surface area contributed by atoms with E-state index in [9.17, 15) is 8.78 Å². The van der Waals surface area contributed by atoms with Gasteiger partial charge < -0.3 is 9.97 Å². The number of aromatic nitrogens is 2. The summed E-state index contributed by atoms with van der Waals surface area (Å²) >= 11 is 0. The minimum absolute atomic E-state index is 0.824. The zero-order valence-electron chi connectivity index (χ0n) is 3.23. The summed E-state index contributed by atoms with van der Waals surface area (Å²) in [6, 6.07) is 0. The van der Waals surface area contributed by atoms with Gasteiger partial charge in [0.1, 0.15) is 11.9 Å². The molecular weight excluding hydrogens is 102 g/mol. The SMILES string of the molecule is Fc1nc[n-]c1F. The van der Waals surface area contributed by atoms with Crippen LogP contribution in [0.5, 0.6) is 0 Å². The van der Waals surface area contributed by atoms with Crippen LogP contribution in [-0.2, 0) is 0 Å². The first kappa shape index (κ1) is 4.23. The molecule has 0 spiro atoms. The molecule has 7 heavy (non-hydrogen) atoms. The molecule has 0 fully saturated rings. The van der Waals surface area contributed by atoms with Gasteiger partial charge in [-0.1, -0.05) is 6.33 Å². The van der Waals surface area contributed by atoms with Crippen molar-refractivity contribution >= 4 is 0 Å². The van der Waals surface area contributed by atoms with Gasteiger partial charge in [0.15, 0.2) is 0 Å². The van der Waals surface area contributed by atoms with Crippen molar-refractivity contribution in [2.24, 2.45) is 0 Å². The van der Waals surface area contributed by atoms with Crippen LogP contribution in [-0.4, -0.2) is 4.98 Å². The van der Waals surface area contributed by atoms with Crippen LogP contribution < -0.4 is 4.98 Å². The van der Waals surface area contributed by atoms with Crippen molar-refractivity contribution in [3.05, 3.63) is 18.2 Å². The molecule has 0 atom stereocenters. The normalized spacial score (nSPS) is 9.43. The third kappa shape index (κ3) is 0.581. The van der Waals surface area contributed by atoms with Crippen LogP contribution in [0, 0.1) is 11.9 Å². The fraction of sp³-hybridized carbons (Fsp3) is 0. The van der Waals surface area contributed by atoms with Gasteiger partial charge in [0.2, 0.25) is 0 Å². The summed E-state index contributed by atoms with van der Waals surface area (Å²) in [5, 5.41) is 0. The van der Waals surface area contributed by atoms with Gasteiger partial charge in [0, 0.05) is 0 Å². The zero-order valence-corrected chi connectivity index (χ0v) is 3.23. The predicted molar refractivity (Wildman–Crippen MR) is 17.5 cm³/mol. The van der Waals surface area contributed by atoms with Gasteiger partial charge in [-0.2, -0.15) is 0 Å². The maximum atomic E-state index is 11.5. The Balaban J connectivity index is 3.12. The first-order valence-electron chi connectivity index (χ1n) is 1.59. The largest absolute Gasteiger partial charge is 0.416 e. The average molecular weight is 103 g/mol. The summed E-state index contributed by atoms with van der Waals surface area (Å²) in [6.07, 6.45) is 0.824. The van der Waals surface area contributed by atoms with Crippen molar-refractivity contribution in [1.82, 2.24) is 9.97 Å². The zero-order chi connectivity index (χ0) is 5.28. The van der Waals surface area contributed by atoms with Gasteiger partial charge in [0.05, 0.1) is 0 Å². The Morgan fingerprint density at radius 3 is 2.43 bits per heavy atom. The van der Waals surface area contributed by atoms with Gasteiger partial charge in [-0.05, 0) is 0 Å². The van der Waals surface area contributed by atoms with Gasteiger partial charge in [-0.15, -0.1) is 0 Å². The van der Waals surface area contributed by atoms with E-state index in [1.165, 1.54) is 0 Å². The topological polar surface area (TPSA) is 27.0 Å².